The largest absolute Gasteiger partial charge is 0.307 e. The molecule has 0 aliphatic rings. The number of aromatic nitrogens is 2. The monoisotopic (exact) mass is 170 g/mol. The van der Waals surface area contributed by atoms with Gasteiger partial charge in [0.05, 0.1) is 10.6 Å². The smallest absolute Gasteiger partial charge is 0.157 e. The van der Waals surface area contributed by atoms with Crippen LogP contribution in [0.15, 0.2) is 4.90 Å². The molecule has 0 radical (unpaired) electrons. The van der Waals surface area contributed by atoms with E-state index in [-0.39, 0.29) is 0 Å². The highest BCUT2D eigenvalue weighted by atomic mass is 32.1. The van der Waals surface area contributed by atoms with Crippen molar-refractivity contribution < 1.29 is 0 Å². The van der Waals surface area contributed by atoms with E-state index >= 15 is 0 Å². The van der Waals surface area contributed by atoms with Gasteiger partial charge in [0, 0.05) is 0 Å². The van der Waals surface area contributed by atoms with Gasteiger partial charge in [-0.15, -0.1) is 12.6 Å². The zero-order valence-corrected chi connectivity index (χ0v) is 7.31. The van der Waals surface area contributed by atoms with Gasteiger partial charge in [-0.05, 0) is 13.8 Å². The van der Waals surface area contributed by atoms with Crippen molar-refractivity contribution in [3.05, 3.63) is 11.5 Å². The van der Waals surface area contributed by atoms with Crippen LogP contribution >= 0.6 is 12.6 Å². The molecule has 1 aromatic heterocycles. The highest BCUT2D eigenvalue weighted by Crippen LogP contribution is 2.18. The van der Waals surface area contributed by atoms with E-state index in [0.29, 0.717) is 16.5 Å². The number of nitrogen functional groups attached to an aromatic ring is 1. The number of anilines is 1. The Labute approximate surface area is 70.6 Å². The molecule has 1 heterocycles. The fourth-order valence-electron chi connectivity index (χ4n) is 0.807. The van der Waals surface area contributed by atoms with E-state index in [4.69, 9.17) is 5.84 Å². The molecule has 60 valence electrons. The lowest BCUT2D eigenvalue weighted by molar-refractivity contribution is 0.957. The molecule has 4 nitrogen and oxygen atoms in total. The van der Waals surface area contributed by atoms with E-state index in [9.17, 15) is 0 Å². The van der Waals surface area contributed by atoms with Crippen molar-refractivity contribution in [1.82, 2.24) is 9.97 Å². The van der Waals surface area contributed by atoms with E-state index < -0.39 is 0 Å². The highest BCUT2D eigenvalue weighted by Gasteiger charge is 2.03. The van der Waals surface area contributed by atoms with Crippen molar-refractivity contribution in [2.24, 2.45) is 5.84 Å². The third-order valence-corrected chi connectivity index (χ3v) is 1.84. The Bertz CT molecular complexity index is 274. The first-order chi connectivity index (χ1) is 5.15. The number of hydrazine groups is 1. The van der Waals surface area contributed by atoms with E-state index in [1.807, 2.05) is 6.92 Å². The van der Waals surface area contributed by atoms with Crippen molar-refractivity contribution in [2.45, 2.75) is 18.7 Å². The summed E-state index contributed by atoms with van der Waals surface area (Å²) in [6.07, 6.45) is 0. The average molecular weight is 170 g/mol. The van der Waals surface area contributed by atoms with Crippen LogP contribution in [0, 0.1) is 13.8 Å². The number of aryl methyl sites for hydroxylation is 2. The van der Waals surface area contributed by atoms with Crippen LogP contribution in [0.2, 0.25) is 0 Å². The van der Waals surface area contributed by atoms with Crippen molar-refractivity contribution in [1.29, 1.82) is 0 Å². The lowest BCUT2D eigenvalue weighted by Gasteiger charge is -2.05. The van der Waals surface area contributed by atoms with Gasteiger partial charge in [-0.2, -0.15) is 0 Å². The Morgan fingerprint density at radius 1 is 1.36 bits per heavy atom. The van der Waals surface area contributed by atoms with Crippen LogP contribution in [-0.2, 0) is 0 Å². The Kier molecular flexibility index (Phi) is 2.31. The first-order valence-electron chi connectivity index (χ1n) is 3.16. The van der Waals surface area contributed by atoms with Crippen LogP contribution in [0.4, 0.5) is 5.82 Å². The van der Waals surface area contributed by atoms with Crippen LogP contribution in [-0.4, -0.2) is 9.97 Å². The van der Waals surface area contributed by atoms with Crippen molar-refractivity contribution in [3.63, 3.8) is 0 Å². The van der Waals surface area contributed by atoms with Crippen LogP contribution in [0.25, 0.3) is 0 Å². The Morgan fingerprint density at radius 2 is 2.00 bits per heavy atom. The van der Waals surface area contributed by atoms with Crippen molar-refractivity contribution in [3.8, 4) is 0 Å². The van der Waals surface area contributed by atoms with Gasteiger partial charge in [-0.25, -0.2) is 15.8 Å². The zero-order chi connectivity index (χ0) is 8.43. The molecule has 0 aromatic carbocycles. The lowest BCUT2D eigenvalue weighted by Crippen LogP contribution is -2.11. The van der Waals surface area contributed by atoms with E-state index in [0.717, 1.165) is 5.69 Å². The molecule has 0 unspecified atom stereocenters. The van der Waals surface area contributed by atoms with Crippen molar-refractivity contribution in [2.75, 3.05) is 5.43 Å². The molecule has 0 amide bonds. The number of hydrogen-bond acceptors (Lipinski definition) is 5. The summed E-state index contributed by atoms with van der Waals surface area (Å²) in [5, 5.41) is 0. The van der Waals surface area contributed by atoms with Gasteiger partial charge < -0.3 is 5.43 Å². The number of nitrogens with zero attached hydrogens (tertiary/aromatic N) is 2. The van der Waals surface area contributed by atoms with Crippen molar-refractivity contribution >= 4 is 18.4 Å². The van der Waals surface area contributed by atoms with Gasteiger partial charge in [0.2, 0.25) is 0 Å². The molecule has 0 saturated carbocycles. The third kappa shape index (κ3) is 1.61. The van der Waals surface area contributed by atoms with Crippen LogP contribution in [0.3, 0.4) is 0 Å². The Morgan fingerprint density at radius 3 is 2.55 bits per heavy atom. The van der Waals surface area contributed by atoms with Gasteiger partial charge in [-0.1, -0.05) is 0 Å². The molecule has 0 atom stereocenters. The normalized spacial score (nSPS) is 9.82. The molecular formula is C6H10N4S. The number of hydrogen-bond donors (Lipinski definition) is 3. The molecule has 1 aromatic rings. The van der Waals surface area contributed by atoms with Gasteiger partial charge in [0.15, 0.2) is 5.82 Å². The summed E-state index contributed by atoms with van der Waals surface area (Å²) in [7, 11) is 0. The maximum atomic E-state index is 5.20. The molecule has 0 spiro atoms. The van der Waals surface area contributed by atoms with Gasteiger partial charge in [0.1, 0.15) is 5.82 Å². The zero-order valence-electron chi connectivity index (χ0n) is 6.42. The third-order valence-electron chi connectivity index (χ3n) is 1.31. The van der Waals surface area contributed by atoms with Crippen LogP contribution < -0.4 is 11.3 Å². The predicted octanol–water partition coefficient (Wildman–Crippen LogP) is 0.668. The number of nitrogens with one attached hydrogen (secondary N) is 1. The fourth-order valence-corrected chi connectivity index (χ4v) is 0.972. The van der Waals surface area contributed by atoms with E-state index in [1.54, 1.807) is 6.92 Å². The van der Waals surface area contributed by atoms with Gasteiger partial charge >= 0.3 is 0 Å². The van der Waals surface area contributed by atoms with Crippen LogP contribution in [0.5, 0.6) is 0 Å². The Balaban J connectivity index is 3.24. The molecule has 0 aliphatic carbocycles. The molecule has 0 bridgehead atoms. The summed E-state index contributed by atoms with van der Waals surface area (Å²) < 4.78 is 0. The Hall–Kier alpha value is -0.810. The predicted molar refractivity (Wildman–Crippen MR) is 46.6 cm³/mol. The number of thiol groups is 1. The maximum absolute atomic E-state index is 5.20. The summed E-state index contributed by atoms with van der Waals surface area (Å²) >= 11 is 4.17. The van der Waals surface area contributed by atoms with Crippen LogP contribution in [0.1, 0.15) is 11.5 Å². The van der Waals surface area contributed by atoms with E-state index in [1.165, 1.54) is 0 Å². The van der Waals surface area contributed by atoms with Gasteiger partial charge in [-0.3, -0.25) is 0 Å². The minimum Gasteiger partial charge on any atom is -0.307 e. The van der Waals surface area contributed by atoms with Gasteiger partial charge in [0.25, 0.3) is 0 Å². The second-order valence-electron chi connectivity index (χ2n) is 2.20. The summed E-state index contributed by atoms with van der Waals surface area (Å²) in [5.74, 6) is 6.46. The summed E-state index contributed by atoms with van der Waals surface area (Å²) in [4.78, 5) is 8.82. The summed E-state index contributed by atoms with van der Waals surface area (Å²) in [6.45, 7) is 3.67. The molecule has 0 aliphatic heterocycles. The second kappa shape index (κ2) is 3.06. The average Bonchev–Trinajstić information content (AvgIpc) is 1.96. The SMILES string of the molecule is Cc1nc(C)c(S)c(NN)n1. The summed E-state index contributed by atoms with van der Waals surface area (Å²) in [6, 6.07) is 0. The molecule has 0 saturated heterocycles. The highest BCUT2D eigenvalue weighted by molar-refractivity contribution is 7.80. The molecular weight excluding hydrogens is 160 g/mol. The number of nitrogens with two attached hydrogens (primary N) is 1. The second-order valence-corrected chi connectivity index (χ2v) is 2.64. The quantitative estimate of drug-likeness (QED) is 0.329. The van der Waals surface area contributed by atoms with E-state index in [2.05, 4.69) is 28.0 Å². The molecule has 11 heavy (non-hydrogen) atoms. The first kappa shape index (κ1) is 8.29. The molecule has 5 heteroatoms. The maximum Gasteiger partial charge on any atom is 0.157 e. The minimum absolute atomic E-state index is 0.568. The standard InChI is InChI=1S/C6H10N4S/c1-3-5(11)6(10-7)9-4(2)8-3/h11H,7H2,1-2H3,(H,8,9,10). The first-order valence-corrected chi connectivity index (χ1v) is 3.60. The fraction of sp³-hybridized carbons (Fsp3) is 0.333. The molecule has 1 rings (SSSR count). The number of rotatable bonds is 1. The summed E-state index contributed by atoms with van der Waals surface area (Å²) in [5.41, 5.74) is 3.28. The lowest BCUT2D eigenvalue weighted by atomic mass is 10.4. The molecule has 0 fully saturated rings. The molecule has 3 N–H and O–H groups in total. The topological polar surface area (TPSA) is 63.8 Å². The minimum atomic E-state index is 0.568.